The summed E-state index contributed by atoms with van der Waals surface area (Å²) < 4.78 is 28.4. The summed E-state index contributed by atoms with van der Waals surface area (Å²) in [6.07, 6.45) is 5.13. The zero-order valence-electron chi connectivity index (χ0n) is 18.2. The minimum Gasteiger partial charge on any atom is -0.366 e. The molecule has 2 N–H and O–H groups in total. The van der Waals surface area contributed by atoms with Crippen molar-refractivity contribution in [2.75, 3.05) is 24.5 Å². The molecule has 0 atom stereocenters. The molecular formula is C21H32N4O5S. The third-order valence-electron chi connectivity index (χ3n) is 6.39. The molecule has 1 amide bonds. The Balaban J connectivity index is 1.71. The first-order chi connectivity index (χ1) is 14.7. The number of nitrogens with zero attached hydrogens (tertiary/aromatic N) is 2. The van der Waals surface area contributed by atoms with Crippen LogP contribution >= 0.6 is 0 Å². The van der Waals surface area contributed by atoms with Crippen LogP contribution in [-0.2, 0) is 14.8 Å². The Bertz CT molecular complexity index is 904. The molecule has 1 heterocycles. The predicted molar refractivity (Wildman–Crippen MR) is 118 cm³/mol. The lowest BCUT2D eigenvalue weighted by atomic mass is 9.88. The standard InChI is InChI=1S/C21H32N4O5S/c1-15-3-5-18(6-4-15)23-31(29,30)19-7-8-20(21(13-19)25(27)28)24-11-9-17(10-12-24)14-22-16(2)26/h7-8,13,15,17-18,23H,3-6,9-12,14H2,1-2H3,(H,22,26). The maximum absolute atomic E-state index is 12.8. The van der Waals surface area contributed by atoms with Crippen molar-refractivity contribution in [3.63, 3.8) is 0 Å². The van der Waals surface area contributed by atoms with Crippen molar-refractivity contribution < 1.29 is 18.1 Å². The highest BCUT2D eigenvalue weighted by Crippen LogP contribution is 2.34. The highest BCUT2D eigenvalue weighted by Gasteiger charge is 2.29. The molecule has 1 saturated heterocycles. The number of hydrogen-bond donors (Lipinski definition) is 2. The third-order valence-corrected chi connectivity index (χ3v) is 7.90. The molecule has 2 fully saturated rings. The lowest BCUT2D eigenvalue weighted by Crippen LogP contribution is -2.38. The van der Waals surface area contributed by atoms with Gasteiger partial charge in [-0.3, -0.25) is 14.9 Å². The molecule has 0 unspecified atom stereocenters. The van der Waals surface area contributed by atoms with E-state index in [1.165, 1.54) is 19.1 Å². The quantitative estimate of drug-likeness (QED) is 0.485. The molecule has 1 aromatic carbocycles. The van der Waals surface area contributed by atoms with Gasteiger partial charge in [0.1, 0.15) is 5.69 Å². The van der Waals surface area contributed by atoms with Gasteiger partial charge in [-0.1, -0.05) is 6.92 Å². The van der Waals surface area contributed by atoms with Crippen LogP contribution in [0, 0.1) is 22.0 Å². The monoisotopic (exact) mass is 452 g/mol. The van der Waals surface area contributed by atoms with Crippen LogP contribution in [0.5, 0.6) is 0 Å². The van der Waals surface area contributed by atoms with E-state index >= 15 is 0 Å². The Morgan fingerprint density at radius 3 is 2.39 bits per heavy atom. The summed E-state index contributed by atoms with van der Waals surface area (Å²) in [4.78, 5) is 24.2. The number of anilines is 1. The van der Waals surface area contributed by atoms with Crippen LogP contribution in [0.4, 0.5) is 11.4 Å². The molecule has 2 aliphatic rings. The molecular weight excluding hydrogens is 420 g/mol. The van der Waals surface area contributed by atoms with Gasteiger partial charge in [0.05, 0.1) is 9.82 Å². The van der Waals surface area contributed by atoms with Crippen LogP contribution in [0.2, 0.25) is 0 Å². The average Bonchev–Trinajstić information content (AvgIpc) is 2.73. The maximum Gasteiger partial charge on any atom is 0.293 e. The molecule has 31 heavy (non-hydrogen) atoms. The molecule has 1 saturated carbocycles. The summed E-state index contributed by atoms with van der Waals surface area (Å²) in [5, 5.41) is 14.5. The highest BCUT2D eigenvalue weighted by atomic mass is 32.2. The molecule has 1 aliphatic heterocycles. The number of carbonyl (C=O) groups excluding carboxylic acids is 1. The van der Waals surface area contributed by atoms with E-state index < -0.39 is 14.9 Å². The average molecular weight is 453 g/mol. The van der Waals surface area contributed by atoms with Crippen LogP contribution in [0.1, 0.15) is 52.4 Å². The lowest BCUT2D eigenvalue weighted by Gasteiger charge is -2.33. The number of nitrogens with one attached hydrogen (secondary N) is 2. The van der Waals surface area contributed by atoms with E-state index in [0.717, 1.165) is 38.5 Å². The van der Waals surface area contributed by atoms with Crippen molar-refractivity contribution in [3.05, 3.63) is 28.3 Å². The van der Waals surface area contributed by atoms with Gasteiger partial charge in [0, 0.05) is 38.7 Å². The zero-order chi connectivity index (χ0) is 22.6. The number of hydrogen-bond acceptors (Lipinski definition) is 6. The van der Waals surface area contributed by atoms with Crippen molar-refractivity contribution in [2.45, 2.75) is 63.3 Å². The van der Waals surface area contributed by atoms with E-state index in [4.69, 9.17) is 0 Å². The van der Waals surface area contributed by atoms with Gasteiger partial charge >= 0.3 is 0 Å². The summed E-state index contributed by atoms with van der Waals surface area (Å²) in [5.74, 6) is 0.871. The molecule has 10 heteroatoms. The minimum atomic E-state index is -3.82. The Labute approximate surface area is 183 Å². The summed E-state index contributed by atoms with van der Waals surface area (Å²) >= 11 is 0. The van der Waals surface area contributed by atoms with Crippen LogP contribution in [0.25, 0.3) is 0 Å². The number of nitro groups is 1. The second-order valence-corrected chi connectivity index (χ2v) is 10.6. The van der Waals surface area contributed by atoms with Gasteiger partial charge in [0.25, 0.3) is 5.69 Å². The van der Waals surface area contributed by atoms with Gasteiger partial charge in [-0.2, -0.15) is 0 Å². The van der Waals surface area contributed by atoms with E-state index in [-0.39, 0.29) is 22.5 Å². The summed E-state index contributed by atoms with van der Waals surface area (Å²) in [6.45, 7) is 5.49. The number of sulfonamides is 1. The lowest BCUT2D eigenvalue weighted by molar-refractivity contribution is -0.384. The molecule has 3 rings (SSSR count). The van der Waals surface area contributed by atoms with E-state index in [2.05, 4.69) is 17.0 Å². The van der Waals surface area contributed by atoms with E-state index in [9.17, 15) is 23.3 Å². The number of rotatable bonds is 7. The summed E-state index contributed by atoms with van der Waals surface area (Å²) in [7, 11) is -3.82. The zero-order valence-corrected chi connectivity index (χ0v) is 19.0. The Kier molecular flexibility index (Phi) is 7.53. The summed E-state index contributed by atoms with van der Waals surface area (Å²) in [5.41, 5.74) is 0.244. The van der Waals surface area contributed by atoms with Crippen LogP contribution in [0.3, 0.4) is 0 Å². The second kappa shape index (κ2) is 9.95. The van der Waals surface area contributed by atoms with Crippen molar-refractivity contribution in [3.8, 4) is 0 Å². The Hall–Kier alpha value is -2.20. The van der Waals surface area contributed by atoms with Crippen molar-refractivity contribution >= 4 is 27.3 Å². The van der Waals surface area contributed by atoms with Gasteiger partial charge in [0.15, 0.2) is 0 Å². The van der Waals surface area contributed by atoms with Crippen LogP contribution in [0.15, 0.2) is 23.1 Å². The first-order valence-electron chi connectivity index (χ1n) is 11.0. The number of benzene rings is 1. The molecule has 0 spiro atoms. The van der Waals surface area contributed by atoms with Crippen molar-refractivity contribution in [2.24, 2.45) is 11.8 Å². The Morgan fingerprint density at radius 1 is 1.16 bits per heavy atom. The van der Waals surface area contributed by atoms with E-state index in [0.29, 0.717) is 37.2 Å². The fourth-order valence-corrected chi connectivity index (χ4v) is 5.74. The minimum absolute atomic E-state index is 0.0637. The number of nitro benzene ring substituents is 1. The molecule has 0 aromatic heterocycles. The van der Waals surface area contributed by atoms with Gasteiger partial charge in [0.2, 0.25) is 15.9 Å². The van der Waals surface area contributed by atoms with Crippen LogP contribution < -0.4 is 14.9 Å². The topological polar surface area (TPSA) is 122 Å². The molecule has 1 aliphatic carbocycles. The fourth-order valence-electron chi connectivity index (χ4n) is 4.42. The first kappa shape index (κ1) is 23.5. The number of piperidine rings is 1. The second-order valence-electron chi connectivity index (χ2n) is 8.85. The Morgan fingerprint density at radius 2 is 1.81 bits per heavy atom. The molecule has 0 bridgehead atoms. The van der Waals surface area contributed by atoms with Gasteiger partial charge < -0.3 is 10.2 Å². The maximum atomic E-state index is 12.8. The fraction of sp³-hybridized carbons (Fsp3) is 0.667. The van der Waals surface area contributed by atoms with Crippen LogP contribution in [-0.4, -0.2) is 44.9 Å². The SMILES string of the molecule is CC(=O)NCC1CCN(c2ccc(S(=O)(=O)NC3CCC(C)CC3)cc2[N+](=O)[O-])CC1. The molecule has 9 nitrogen and oxygen atoms in total. The molecule has 172 valence electrons. The predicted octanol–water partition coefficient (Wildman–Crippen LogP) is 2.80. The van der Waals surface area contributed by atoms with Crippen molar-refractivity contribution in [1.29, 1.82) is 0 Å². The largest absolute Gasteiger partial charge is 0.366 e. The number of carbonyl (C=O) groups is 1. The molecule has 1 aromatic rings. The highest BCUT2D eigenvalue weighted by molar-refractivity contribution is 7.89. The van der Waals surface area contributed by atoms with Gasteiger partial charge in [-0.25, -0.2) is 13.1 Å². The third kappa shape index (κ3) is 6.16. The summed E-state index contributed by atoms with van der Waals surface area (Å²) in [6, 6.07) is 4.05. The smallest absolute Gasteiger partial charge is 0.293 e. The number of amides is 1. The van der Waals surface area contributed by atoms with E-state index in [1.54, 1.807) is 6.07 Å². The van der Waals surface area contributed by atoms with E-state index in [1.807, 2.05) is 4.90 Å². The van der Waals surface area contributed by atoms with Crippen molar-refractivity contribution in [1.82, 2.24) is 10.0 Å². The van der Waals surface area contributed by atoms with Gasteiger partial charge in [-0.05, 0) is 62.5 Å². The van der Waals surface area contributed by atoms with Gasteiger partial charge in [-0.15, -0.1) is 0 Å². The normalized spacial score (nSPS) is 22.8. The molecule has 0 radical (unpaired) electrons. The first-order valence-corrected chi connectivity index (χ1v) is 12.4.